The molecule has 0 radical (unpaired) electrons. The van der Waals surface area contributed by atoms with Gasteiger partial charge in [-0.25, -0.2) is 0 Å². The molecule has 2 aromatic carbocycles. The number of carbonyl (C=O) groups is 1. The number of fused-ring (bicyclic) bond motifs is 1. The Balaban J connectivity index is 1.52. The Labute approximate surface area is 208 Å². The molecule has 0 atom stereocenters. The number of aromatic nitrogens is 3. The Morgan fingerprint density at radius 1 is 1.20 bits per heavy atom. The summed E-state index contributed by atoms with van der Waals surface area (Å²) < 4.78 is 8.05. The number of ether oxygens (including phenoxy) is 1. The van der Waals surface area contributed by atoms with Gasteiger partial charge in [-0.15, -0.1) is 10.2 Å². The predicted molar refractivity (Wildman–Crippen MR) is 139 cm³/mol. The molecule has 0 bridgehead atoms. The minimum Gasteiger partial charge on any atom is -0.492 e. The van der Waals surface area contributed by atoms with Crippen molar-refractivity contribution in [3.05, 3.63) is 75.9 Å². The molecular formula is C27H27N5O2S. The van der Waals surface area contributed by atoms with E-state index in [4.69, 9.17) is 4.74 Å². The van der Waals surface area contributed by atoms with Crippen LogP contribution in [-0.2, 0) is 17.8 Å². The molecule has 0 saturated carbocycles. The van der Waals surface area contributed by atoms with Gasteiger partial charge in [0.2, 0.25) is 5.13 Å². The fourth-order valence-corrected chi connectivity index (χ4v) is 4.56. The third kappa shape index (κ3) is 5.76. The highest BCUT2D eigenvalue weighted by molar-refractivity contribution is 7.15. The largest absolute Gasteiger partial charge is 0.492 e. The van der Waals surface area contributed by atoms with Gasteiger partial charge in [0.15, 0.2) is 0 Å². The normalized spacial score (nSPS) is 11.4. The average molecular weight is 486 g/mol. The molecule has 0 fully saturated rings. The van der Waals surface area contributed by atoms with E-state index >= 15 is 0 Å². The molecule has 8 heteroatoms. The second kappa shape index (κ2) is 11.0. The lowest BCUT2D eigenvalue weighted by Gasteiger charge is -2.10. The van der Waals surface area contributed by atoms with Gasteiger partial charge in [-0.3, -0.25) is 10.1 Å². The molecule has 7 nitrogen and oxygen atoms in total. The number of hydrogen-bond donors (Lipinski definition) is 1. The van der Waals surface area contributed by atoms with Crippen LogP contribution in [0.15, 0.2) is 54.2 Å². The lowest BCUT2D eigenvalue weighted by Crippen LogP contribution is -2.13. The van der Waals surface area contributed by atoms with Gasteiger partial charge in [-0.2, -0.15) is 5.26 Å². The highest BCUT2D eigenvalue weighted by Gasteiger charge is 2.15. The number of hydrogen-bond acceptors (Lipinski definition) is 6. The molecule has 0 saturated heterocycles. The van der Waals surface area contributed by atoms with Gasteiger partial charge in [-0.1, -0.05) is 42.5 Å². The highest BCUT2D eigenvalue weighted by Crippen LogP contribution is 2.25. The summed E-state index contributed by atoms with van der Waals surface area (Å²) in [6.07, 6.45) is 5.32. The number of nitrogens with one attached hydrogen (secondary N) is 1. The molecule has 0 unspecified atom stereocenters. The summed E-state index contributed by atoms with van der Waals surface area (Å²) in [5, 5.41) is 22.7. The first-order chi connectivity index (χ1) is 17.0. The van der Waals surface area contributed by atoms with Gasteiger partial charge in [0.05, 0.1) is 6.54 Å². The van der Waals surface area contributed by atoms with Crippen LogP contribution >= 0.6 is 11.3 Å². The quantitative estimate of drug-likeness (QED) is 0.243. The van der Waals surface area contributed by atoms with Crippen molar-refractivity contribution in [1.29, 1.82) is 5.26 Å². The predicted octanol–water partition coefficient (Wildman–Crippen LogP) is 5.69. The summed E-state index contributed by atoms with van der Waals surface area (Å²) in [5.74, 6) is 0.341. The van der Waals surface area contributed by atoms with E-state index in [1.165, 1.54) is 22.5 Å². The maximum Gasteiger partial charge on any atom is 0.268 e. The van der Waals surface area contributed by atoms with Crippen molar-refractivity contribution in [2.75, 3.05) is 11.9 Å². The number of nitrogens with zero attached hydrogens (tertiary/aromatic N) is 4. The molecule has 1 N–H and O–H groups in total. The van der Waals surface area contributed by atoms with Gasteiger partial charge < -0.3 is 9.30 Å². The monoisotopic (exact) mass is 485 g/mol. The van der Waals surface area contributed by atoms with Crippen LogP contribution in [0, 0.1) is 25.2 Å². The van der Waals surface area contributed by atoms with E-state index in [1.54, 1.807) is 6.08 Å². The molecule has 4 aromatic rings. The van der Waals surface area contributed by atoms with E-state index in [2.05, 4.69) is 46.9 Å². The van der Waals surface area contributed by atoms with Crippen molar-refractivity contribution in [3.63, 3.8) is 0 Å². The third-order valence-electron chi connectivity index (χ3n) is 5.71. The molecule has 2 heterocycles. The molecule has 0 aliphatic rings. The zero-order chi connectivity index (χ0) is 24.8. The van der Waals surface area contributed by atoms with E-state index < -0.39 is 5.91 Å². The number of aryl methyl sites for hydroxylation is 3. The van der Waals surface area contributed by atoms with Crippen LogP contribution in [-0.4, -0.2) is 27.3 Å². The number of nitriles is 1. The van der Waals surface area contributed by atoms with Crippen LogP contribution in [0.5, 0.6) is 5.75 Å². The topological polar surface area (TPSA) is 92.8 Å². The summed E-state index contributed by atoms with van der Waals surface area (Å²) >= 11 is 1.33. The second-order valence-electron chi connectivity index (χ2n) is 8.26. The SMILES string of the molecule is CCCc1nnc(NC(=O)/C(C#N)=C\c2cn(CCOc3ccc(C)c(C)c3)c3ccccc23)s1. The van der Waals surface area contributed by atoms with E-state index in [1.807, 2.05) is 48.7 Å². The van der Waals surface area contributed by atoms with Crippen LogP contribution in [0.1, 0.15) is 35.0 Å². The Kier molecular flexibility index (Phi) is 7.58. The van der Waals surface area contributed by atoms with Crippen LogP contribution < -0.4 is 10.1 Å². The fraction of sp³-hybridized carbons (Fsp3) is 0.259. The Morgan fingerprint density at radius 2 is 2.03 bits per heavy atom. The molecule has 178 valence electrons. The molecule has 0 aliphatic carbocycles. The summed E-state index contributed by atoms with van der Waals surface area (Å²) in [5.41, 5.74) is 4.23. The van der Waals surface area contributed by atoms with Crippen molar-refractivity contribution >= 4 is 39.4 Å². The highest BCUT2D eigenvalue weighted by atomic mass is 32.1. The zero-order valence-corrected chi connectivity index (χ0v) is 20.9. The molecule has 1 amide bonds. The summed E-state index contributed by atoms with van der Waals surface area (Å²) in [6, 6.07) is 16.0. The van der Waals surface area contributed by atoms with Crippen molar-refractivity contribution in [1.82, 2.24) is 14.8 Å². The molecule has 2 aromatic heterocycles. The first-order valence-electron chi connectivity index (χ1n) is 11.5. The van der Waals surface area contributed by atoms with E-state index in [-0.39, 0.29) is 5.57 Å². The Morgan fingerprint density at radius 3 is 2.80 bits per heavy atom. The maximum atomic E-state index is 12.7. The van der Waals surface area contributed by atoms with Crippen molar-refractivity contribution < 1.29 is 9.53 Å². The van der Waals surface area contributed by atoms with Crippen LogP contribution in [0.2, 0.25) is 0 Å². The number of carbonyl (C=O) groups excluding carboxylic acids is 1. The van der Waals surface area contributed by atoms with Crippen LogP contribution in [0.25, 0.3) is 17.0 Å². The van der Waals surface area contributed by atoms with Gasteiger partial charge in [0, 0.05) is 29.1 Å². The number of anilines is 1. The second-order valence-corrected chi connectivity index (χ2v) is 9.33. The lowest BCUT2D eigenvalue weighted by molar-refractivity contribution is -0.112. The number of benzene rings is 2. The minimum atomic E-state index is -0.499. The molecule has 4 rings (SSSR count). The van der Waals surface area contributed by atoms with E-state index in [0.717, 1.165) is 40.1 Å². The molecule has 0 spiro atoms. The lowest BCUT2D eigenvalue weighted by atomic mass is 10.1. The van der Waals surface area contributed by atoms with Gasteiger partial charge in [0.25, 0.3) is 5.91 Å². The smallest absolute Gasteiger partial charge is 0.268 e. The standard InChI is InChI=1S/C27H27N5O2S/c1-4-7-25-30-31-27(35-25)29-26(33)20(16-28)15-21-17-32(24-9-6-5-8-23(21)24)12-13-34-22-11-10-18(2)19(3)14-22/h5-6,8-11,14-15,17H,4,7,12-13H2,1-3H3,(H,29,31,33)/b20-15-. The van der Waals surface area contributed by atoms with Gasteiger partial charge >= 0.3 is 0 Å². The number of amides is 1. The first-order valence-corrected chi connectivity index (χ1v) is 12.3. The van der Waals surface area contributed by atoms with Gasteiger partial charge in [-0.05, 0) is 55.7 Å². The molecule has 35 heavy (non-hydrogen) atoms. The molecular weight excluding hydrogens is 458 g/mol. The zero-order valence-electron chi connectivity index (χ0n) is 20.0. The van der Waals surface area contributed by atoms with Gasteiger partial charge in [0.1, 0.15) is 29.0 Å². The fourth-order valence-electron chi connectivity index (χ4n) is 3.73. The van der Waals surface area contributed by atoms with Crippen molar-refractivity contribution in [2.24, 2.45) is 0 Å². The summed E-state index contributed by atoms with van der Waals surface area (Å²) in [4.78, 5) is 12.7. The third-order valence-corrected chi connectivity index (χ3v) is 6.61. The number of para-hydroxylation sites is 1. The van der Waals surface area contributed by atoms with E-state index in [9.17, 15) is 10.1 Å². The van der Waals surface area contributed by atoms with Crippen LogP contribution in [0.4, 0.5) is 5.13 Å². The Hall–Kier alpha value is -3.96. The Bertz CT molecular complexity index is 1430. The van der Waals surface area contributed by atoms with Crippen molar-refractivity contribution in [3.8, 4) is 11.8 Å². The molecule has 0 aliphatic heterocycles. The van der Waals surface area contributed by atoms with E-state index in [0.29, 0.717) is 18.3 Å². The minimum absolute atomic E-state index is 0.00604. The van der Waals surface area contributed by atoms with Crippen molar-refractivity contribution in [2.45, 2.75) is 40.2 Å². The summed E-state index contributed by atoms with van der Waals surface area (Å²) in [6.45, 7) is 7.32. The number of rotatable bonds is 9. The average Bonchev–Trinajstić information content (AvgIpc) is 3.44. The first kappa shape index (κ1) is 24.2. The summed E-state index contributed by atoms with van der Waals surface area (Å²) in [7, 11) is 0. The van der Waals surface area contributed by atoms with Crippen LogP contribution in [0.3, 0.4) is 0 Å². The maximum absolute atomic E-state index is 12.7.